The Morgan fingerprint density at radius 3 is 2.05 bits per heavy atom. The van der Waals surface area contributed by atoms with E-state index in [0.717, 1.165) is 12.1 Å². The maximum Gasteiger partial charge on any atom is 0.416 e. The summed E-state index contributed by atoms with van der Waals surface area (Å²) in [5.74, 6) is -2.07. The van der Waals surface area contributed by atoms with Crippen molar-refractivity contribution in [1.29, 1.82) is 0 Å². The van der Waals surface area contributed by atoms with Crippen LogP contribution in [0.5, 0.6) is 0 Å². The highest BCUT2D eigenvalue weighted by atomic mass is 19.4. The van der Waals surface area contributed by atoms with Crippen LogP contribution < -0.4 is 5.32 Å². The van der Waals surface area contributed by atoms with Gasteiger partial charge in [0.1, 0.15) is 5.54 Å². The third-order valence-corrected chi connectivity index (χ3v) is 3.64. The normalized spacial score (nSPS) is 14.5. The molecule has 22 heavy (non-hydrogen) atoms. The minimum atomic E-state index is -4.43. The number of benzene rings is 1. The number of carboxylic acid groups (broad SMARTS) is 1. The van der Waals surface area contributed by atoms with Gasteiger partial charge in [-0.15, -0.1) is 0 Å². The topological polar surface area (TPSA) is 66.4 Å². The van der Waals surface area contributed by atoms with Crippen molar-refractivity contribution in [2.75, 3.05) is 0 Å². The molecule has 0 spiro atoms. The Bertz CT molecular complexity index is 552. The van der Waals surface area contributed by atoms with E-state index in [9.17, 15) is 27.9 Å². The van der Waals surface area contributed by atoms with Gasteiger partial charge < -0.3 is 10.4 Å². The van der Waals surface area contributed by atoms with Crippen LogP contribution in [0.3, 0.4) is 0 Å². The molecule has 0 radical (unpaired) electrons. The van der Waals surface area contributed by atoms with Crippen LogP contribution in [0.2, 0.25) is 0 Å². The average Bonchev–Trinajstić information content (AvgIpc) is 2.37. The zero-order chi connectivity index (χ0) is 17.1. The Hall–Kier alpha value is -2.05. The molecule has 7 heteroatoms. The lowest BCUT2D eigenvalue weighted by molar-refractivity contribution is -0.148. The summed E-state index contributed by atoms with van der Waals surface area (Å²) in [4.78, 5) is 23.2. The Kier molecular flexibility index (Phi) is 5.22. The Labute approximate surface area is 126 Å². The molecule has 0 aliphatic rings. The molecule has 1 rings (SSSR count). The number of hydrogen-bond acceptors (Lipinski definition) is 2. The quantitative estimate of drug-likeness (QED) is 0.877. The number of hydrogen-bond donors (Lipinski definition) is 2. The van der Waals surface area contributed by atoms with Gasteiger partial charge in [0.15, 0.2) is 0 Å². The van der Waals surface area contributed by atoms with E-state index < -0.39 is 29.2 Å². The number of carbonyl (C=O) groups excluding carboxylic acids is 1. The van der Waals surface area contributed by atoms with Crippen LogP contribution in [0.4, 0.5) is 13.2 Å². The fraction of sp³-hybridized carbons (Fsp3) is 0.467. The summed E-state index contributed by atoms with van der Waals surface area (Å²) in [6.45, 7) is 4.71. The number of nitrogens with one attached hydrogen (secondary N) is 1. The molecular weight excluding hydrogens is 299 g/mol. The fourth-order valence-corrected chi connectivity index (χ4v) is 1.78. The molecule has 1 unspecified atom stereocenters. The number of halogens is 3. The predicted molar refractivity (Wildman–Crippen MR) is 74.2 cm³/mol. The van der Waals surface area contributed by atoms with E-state index in [0.29, 0.717) is 5.56 Å². The third kappa shape index (κ3) is 4.22. The monoisotopic (exact) mass is 317 g/mol. The first-order valence-electron chi connectivity index (χ1n) is 6.67. The summed E-state index contributed by atoms with van der Waals surface area (Å²) in [5, 5.41) is 11.6. The van der Waals surface area contributed by atoms with Gasteiger partial charge in [-0.1, -0.05) is 26.0 Å². The molecule has 0 heterocycles. The second-order valence-electron chi connectivity index (χ2n) is 5.58. The van der Waals surface area contributed by atoms with Crippen LogP contribution >= 0.6 is 0 Å². The van der Waals surface area contributed by atoms with E-state index in [-0.39, 0.29) is 12.3 Å². The Morgan fingerprint density at radius 1 is 1.18 bits per heavy atom. The second kappa shape index (κ2) is 6.37. The number of amides is 1. The molecule has 0 aromatic heterocycles. The molecule has 1 aromatic carbocycles. The average molecular weight is 317 g/mol. The van der Waals surface area contributed by atoms with E-state index in [4.69, 9.17) is 0 Å². The van der Waals surface area contributed by atoms with Gasteiger partial charge in [-0.25, -0.2) is 4.79 Å². The molecule has 1 aromatic rings. The number of aliphatic carboxylic acids is 1. The highest BCUT2D eigenvalue weighted by Crippen LogP contribution is 2.29. The van der Waals surface area contributed by atoms with Crippen molar-refractivity contribution < 1.29 is 27.9 Å². The molecule has 0 aliphatic carbocycles. The van der Waals surface area contributed by atoms with Crippen molar-refractivity contribution >= 4 is 11.9 Å². The molecule has 122 valence electrons. The molecule has 0 saturated carbocycles. The molecule has 1 amide bonds. The maximum absolute atomic E-state index is 12.4. The molecule has 0 fully saturated rings. The smallest absolute Gasteiger partial charge is 0.416 e. The van der Waals surface area contributed by atoms with Crippen molar-refractivity contribution in [1.82, 2.24) is 5.32 Å². The maximum atomic E-state index is 12.4. The van der Waals surface area contributed by atoms with Crippen LogP contribution in [0.25, 0.3) is 0 Å². The molecule has 0 bridgehead atoms. The summed E-state index contributed by atoms with van der Waals surface area (Å²) in [5.41, 5.74) is -1.85. The number of rotatable bonds is 5. The highest BCUT2D eigenvalue weighted by Gasteiger charge is 2.38. The van der Waals surface area contributed by atoms with Gasteiger partial charge in [0.05, 0.1) is 12.0 Å². The summed E-state index contributed by atoms with van der Waals surface area (Å²) in [7, 11) is 0. The molecule has 0 aliphatic heterocycles. The summed E-state index contributed by atoms with van der Waals surface area (Å²) in [6, 6.07) is 4.19. The highest BCUT2D eigenvalue weighted by molar-refractivity contribution is 5.87. The zero-order valence-corrected chi connectivity index (χ0v) is 12.5. The van der Waals surface area contributed by atoms with Crippen molar-refractivity contribution in [3.05, 3.63) is 35.4 Å². The Morgan fingerprint density at radius 2 is 1.68 bits per heavy atom. The number of alkyl halides is 3. The Balaban J connectivity index is 2.79. The van der Waals surface area contributed by atoms with Gasteiger partial charge in [-0.2, -0.15) is 13.2 Å². The number of carboxylic acids is 1. The number of carbonyl (C=O) groups is 2. The first kappa shape index (κ1) is 18.0. The van der Waals surface area contributed by atoms with Crippen LogP contribution in [-0.2, 0) is 22.2 Å². The van der Waals surface area contributed by atoms with E-state index in [2.05, 4.69) is 5.32 Å². The largest absolute Gasteiger partial charge is 0.480 e. The van der Waals surface area contributed by atoms with Gasteiger partial charge in [0, 0.05) is 0 Å². The van der Waals surface area contributed by atoms with Gasteiger partial charge in [0.2, 0.25) is 5.91 Å². The fourth-order valence-electron chi connectivity index (χ4n) is 1.78. The van der Waals surface area contributed by atoms with Crippen LogP contribution in [0.1, 0.15) is 31.9 Å². The summed E-state index contributed by atoms with van der Waals surface area (Å²) < 4.78 is 37.3. The van der Waals surface area contributed by atoms with E-state index in [1.165, 1.54) is 19.1 Å². The molecule has 2 N–H and O–H groups in total. The van der Waals surface area contributed by atoms with Crippen LogP contribution in [0.15, 0.2) is 24.3 Å². The van der Waals surface area contributed by atoms with E-state index in [1.54, 1.807) is 13.8 Å². The van der Waals surface area contributed by atoms with Gasteiger partial charge in [0.25, 0.3) is 0 Å². The minimum Gasteiger partial charge on any atom is -0.480 e. The lowest BCUT2D eigenvalue weighted by Gasteiger charge is -2.30. The molecular formula is C15H18F3NO3. The minimum absolute atomic E-state index is 0.187. The first-order valence-corrected chi connectivity index (χ1v) is 6.67. The van der Waals surface area contributed by atoms with Crippen molar-refractivity contribution in [2.45, 2.75) is 38.9 Å². The van der Waals surface area contributed by atoms with Gasteiger partial charge in [-0.05, 0) is 30.5 Å². The van der Waals surface area contributed by atoms with Crippen LogP contribution in [-0.4, -0.2) is 22.5 Å². The predicted octanol–water partition coefficient (Wildman–Crippen LogP) is 2.86. The van der Waals surface area contributed by atoms with Gasteiger partial charge in [-0.3, -0.25) is 4.79 Å². The SMILES string of the molecule is CC(C)C(C)(NC(=O)Cc1ccc(C(F)(F)F)cc1)C(=O)O. The molecule has 1 atom stereocenters. The van der Waals surface area contributed by atoms with E-state index >= 15 is 0 Å². The second-order valence-corrected chi connectivity index (χ2v) is 5.58. The lowest BCUT2D eigenvalue weighted by atomic mass is 9.88. The van der Waals surface area contributed by atoms with Crippen molar-refractivity contribution in [3.63, 3.8) is 0 Å². The lowest BCUT2D eigenvalue weighted by Crippen LogP contribution is -2.56. The van der Waals surface area contributed by atoms with Crippen LogP contribution in [0, 0.1) is 5.92 Å². The third-order valence-electron chi connectivity index (χ3n) is 3.64. The van der Waals surface area contributed by atoms with Gasteiger partial charge >= 0.3 is 12.1 Å². The van der Waals surface area contributed by atoms with Crippen molar-refractivity contribution in [2.24, 2.45) is 5.92 Å². The molecule has 0 saturated heterocycles. The zero-order valence-electron chi connectivity index (χ0n) is 12.5. The molecule has 4 nitrogen and oxygen atoms in total. The van der Waals surface area contributed by atoms with Crippen molar-refractivity contribution in [3.8, 4) is 0 Å². The van der Waals surface area contributed by atoms with E-state index in [1.807, 2.05) is 0 Å². The summed E-state index contributed by atoms with van der Waals surface area (Å²) >= 11 is 0. The standard InChI is InChI=1S/C15H18F3NO3/c1-9(2)14(3,13(21)22)19-12(20)8-10-4-6-11(7-5-10)15(16,17)18/h4-7,9H,8H2,1-3H3,(H,19,20)(H,21,22). The first-order chi connectivity index (χ1) is 9.96. The summed E-state index contributed by atoms with van der Waals surface area (Å²) in [6.07, 6.45) is -4.62.